The largest absolute Gasteiger partial charge is 0.394 e. The summed E-state index contributed by atoms with van der Waals surface area (Å²) in [5, 5.41) is 3.01. The lowest BCUT2D eigenvalue weighted by atomic mass is 9.99. The molecule has 0 radical (unpaired) electrons. The van der Waals surface area contributed by atoms with Crippen LogP contribution in [0.25, 0.3) is 5.57 Å². The Morgan fingerprint density at radius 1 is 1.17 bits per heavy atom. The van der Waals surface area contributed by atoms with Gasteiger partial charge in [-0.25, -0.2) is 0 Å². The fraction of sp³-hybridized carbons (Fsp3) is 0.294. The average molecular weight is 241 g/mol. The molecule has 96 valence electrons. The summed E-state index contributed by atoms with van der Waals surface area (Å²) >= 11 is 0. The van der Waals surface area contributed by atoms with Gasteiger partial charge in [0.2, 0.25) is 0 Å². The number of nitrogens with one attached hydrogen (secondary N) is 1. The molecule has 1 rings (SSSR count). The SMILES string of the molecule is C=C(/C=C\C(C)=C/NC)c1ccc(C(C)C)cc1. The third-order valence-electron chi connectivity index (χ3n) is 2.87. The van der Waals surface area contributed by atoms with Crippen LogP contribution in [-0.4, -0.2) is 7.05 Å². The van der Waals surface area contributed by atoms with Gasteiger partial charge in [0.1, 0.15) is 0 Å². The van der Waals surface area contributed by atoms with Gasteiger partial charge in [0, 0.05) is 7.05 Å². The van der Waals surface area contributed by atoms with E-state index in [1.807, 2.05) is 19.3 Å². The first kappa shape index (κ1) is 14.3. The minimum atomic E-state index is 0.573. The van der Waals surface area contributed by atoms with Gasteiger partial charge >= 0.3 is 0 Å². The Hall–Kier alpha value is -1.76. The molecule has 0 unspecified atom stereocenters. The quantitative estimate of drug-likeness (QED) is 0.748. The molecule has 1 N–H and O–H groups in total. The predicted octanol–water partition coefficient (Wildman–Crippen LogP) is 4.50. The lowest BCUT2D eigenvalue weighted by molar-refractivity contribution is 0.866. The van der Waals surface area contributed by atoms with Crippen LogP contribution < -0.4 is 5.32 Å². The fourth-order valence-electron chi connectivity index (χ4n) is 1.69. The molecule has 18 heavy (non-hydrogen) atoms. The number of hydrogen-bond donors (Lipinski definition) is 1. The molecule has 0 saturated heterocycles. The Morgan fingerprint density at radius 2 is 1.78 bits per heavy atom. The number of hydrogen-bond acceptors (Lipinski definition) is 1. The van der Waals surface area contributed by atoms with E-state index < -0.39 is 0 Å². The Kier molecular flexibility index (Phi) is 5.44. The first-order chi connectivity index (χ1) is 8.54. The molecule has 0 aliphatic carbocycles. The van der Waals surface area contributed by atoms with Crippen LogP contribution in [0.5, 0.6) is 0 Å². The zero-order chi connectivity index (χ0) is 13.5. The second-order valence-corrected chi connectivity index (χ2v) is 4.81. The molecular weight excluding hydrogens is 218 g/mol. The molecular formula is C17H23N. The summed E-state index contributed by atoms with van der Waals surface area (Å²) in [6.07, 6.45) is 6.08. The minimum absolute atomic E-state index is 0.573. The number of allylic oxidation sites excluding steroid dienone is 4. The predicted molar refractivity (Wildman–Crippen MR) is 81.5 cm³/mol. The third kappa shape index (κ3) is 4.25. The van der Waals surface area contributed by atoms with Crippen LogP contribution in [0, 0.1) is 0 Å². The van der Waals surface area contributed by atoms with Gasteiger partial charge in [-0.2, -0.15) is 0 Å². The van der Waals surface area contributed by atoms with E-state index in [2.05, 4.69) is 63.0 Å². The molecule has 0 amide bonds. The molecule has 0 spiro atoms. The highest BCUT2D eigenvalue weighted by atomic mass is 14.8. The average Bonchev–Trinajstić information content (AvgIpc) is 2.36. The highest BCUT2D eigenvalue weighted by Crippen LogP contribution is 2.19. The minimum Gasteiger partial charge on any atom is -0.394 e. The van der Waals surface area contributed by atoms with Crippen molar-refractivity contribution >= 4 is 5.57 Å². The van der Waals surface area contributed by atoms with E-state index in [9.17, 15) is 0 Å². The molecule has 1 aromatic rings. The van der Waals surface area contributed by atoms with Gasteiger partial charge in [-0.15, -0.1) is 0 Å². The van der Waals surface area contributed by atoms with Crippen molar-refractivity contribution in [1.82, 2.24) is 5.32 Å². The zero-order valence-electron chi connectivity index (χ0n) is 11.8. The molecule has 1 nitrogen and oxygen atoms in total. The third-order valence-corrected chi connectivity index (χ3v) is 2.87. The van der Waals surface area contributed by atoms with Crippen molar-refractivity contribution in [3.63, 3.8) is 0 Å². The summed E-state index contributed by atoms with van der Waals surface area (Å²) in [5.41, 5.74) is 4.75. The van der Waals surface area contributed by atoms with Crippen molar-refractivity contribution in [2.75, 3.05) is 7.05 Å². The first-order valence-electron chi connectivity index (χ1n) is 6.36. The van der Waals surface area contributed by atoms with Crippen molar-refractivity contribution in [2.45, 2.75) is 26.7 Å². The van der Waals surface area contributed by atoms with Crippen molar-refractivity contribution in [2.24, 2.45) is 0 Å². The van der Waals surface area contributed by atoms with Crippen molar-refractivity contribution < 1.29 is 0 Å². The summed E-state index contributed by atoms with van der Waals surface area (Å²) in [6.45, 7) is 10.6. The second-order valence-electron chi connectivity index (χ2n) is 4.81. The van der Waals surface area contributed by atoms with Gasteiger partial charge in [0.15, 0.2) is 0 Å². The van der Waals surface area contributed by atoms with Crippen LogP contribution in [0.2, 0.25) is 0 Å². The molecule has 0 aliphatic rings. The molecule has 1 heteroatoms. The molecule has 0 aliphatic heterocycles. The summed E-state index contributed by atoms with van der Waals surface area (Å²) in [7, 11) is 1.90. The molecule has 1 aromatic carbocycles. The Morgan fingerprint density at radius 3 is 2.28 bits per heavy atom. The lowest BCUT2D eigenvalue weighted by Crippen LogP contribution is -1.93. The molecule has 0 aromatic heterocycles. The second kappa shape index (κ2) is 6.85. The van der Waals surface area contributed by atoms with E-state index in [1.54, 1.807) is 0 Å². The van der Waals surface area contributed by atoms with E-state index in [0.717, 1.165) is 5.57 Å². The van der Waals surface area contributed by atoms with Gasteiger partial charge in [-0.05, 0) is 41.3 Å². The van der Waals surface area contributed by atoms with Crippen LogP contribution in [0.3, 0.4) is 0 Å². The van der Waals surface area contributed by atoms with Crippen LogP contribution in [0.4, 0.5) is 0 Å². The van der Waals surface area contributed by atoms with Crippen molar-refractivity contribution in [1.29, 1.82) is 0 Å². The van der Waals surface area contributed by atoms with Gasteiger partial charge in [0.05, 0.1) is 0 Å². The maximum atomic E-state index is 4.10. The van der Waals surface area contributed by atoms with Gasteiger partial charge in [0.25, 0.3) is 0 Å². The topological polar surface area (TPSA) is 12.0 Å². The summed E-state index contributed by atoms with van der Waals surface area (Å²) in [5.74, 6) is 0.573. The zero-order valence-corrected chi connectivity index (χ0v) is 11.8. The van der Waals surface area contributed by atoms with E-state index in [-0.39, 0.29) is 0 Å². The molecule has 0 saturated carbocycles. The van der Waals surface area contributed by atoms with Gasteiger partial charge in [-0.3, -0.25) is 0 Å². The van der Waals surface area contributed by atoms with Gasteiger partial charge in [-0.1, -0.05) is 56.8 Å². The fourth-order valence-corrected chi connectivity index (χ4v) is 1.69. The molecule has 0 heterocycles. The van der Waals surface area contributed by atoms with Crippen LogP contribution in [0.1, 0.15) is 37.8 Å². The number of rotatable bonds is 5. The van der Waals surface area contributed by atoms with Crippen LogP contribution in [-0.2, 0) is 0 Å². The Bertz CT molecular complexity index is 447. The van der Waals surface area contributed by atoms with Crippen molar-refractivity contribution in [3.8, 4) is 0 Å². The maximum absolute atomic E-state index is 4.10. The molecule has 0 fully saturated rings. The lowest BCUT2D eigenvalue weighted by Gasteiger charge is -2.06. The van der Waals surface area contributed by atoms with E-state index in [0.29, 0.717) is 5.92 Å². The Labute approximate surface area is 111 Å². The normalized spacial score (nSPS) is 12.2. The summed E-state index contributed by atoms with van der Waals surface area (Å²) in [4.78, 5) is 0. The summed E-state index contributed by atoms with van der Waals surface area (Å²) in [6, 6.07) is 8.63. The summed E-state index contributed by atoms with van der Waals surface area (Å²) < 4.78 is 0. The van der Waals surface area contributed by atoms with E-state index >= 15 is 0 Å². The van der Waals surface area contributed by atoms with Gasteiger partial charge < -0.3 is 5.32 Å². The van der Waals surface area contributed by atoms with Crippen LogP contribution >= 0.6 is 0 Å². The molecule has 0 atom stereocenters. The monoisotopic (exact) mass is 241 g/mol. The van der Waals surface area contributed by atoms with E-state index in [4.69, 9.17) is 0 Å². The molecule has 0 bridgehead atoms. The van der Waals surface area contributed by atoms with Crippen molar-refractivity contribution in [3.05, 3.63) is 65.9 Å². The van der Waals surface area contributed by atoms with E-state index in [1.165, 1.54) is 16.7 Å². The first-order valence-corrected chi connectivity index (χ1v) is 6.36. The Balaban J connectivity index is 2.76. The standard InChI is InChI=1S/C17H23N/c1-13(2)16-8-10-17(11-9-16)15(4)7-6-14(3)12-18-5/h6-13,18H,4H2,1-3,5H3/b7-6-,14-12-. The highest BCUT2D eigenvalue weighted by molar-refractivity contribution is 5.72. The number of benzene rings is 1. The highest BCUT2D eigenvalue weighted by Gasteiger charge is 1.99. The maximum Gasteiger partial charge on any atom is 0.00277 e. The smallest absolute Gasteiger partial charge is 0.00277 e. The van der Waals surface area contributed by atoms with Crippen LogP contribution in [0.15, 0.2) is 54.8 Å².